The fourth-order valence-electron chi connectivity index (χ4n) is 3.41. The largest absolute Gasteiger partial charge is 0.480 e. The maximum Gasteiger partial charge on any atom is 0.317 e. The fourth-order valence-corrected chi connectivity index (χ4v) is 3.41. The zero-order chi connectivity index (χ0) is 16.2. The van der Waals surface area contributed by atoms with E-state index < -0.39 is 5.97 Å². The summed E-state index contributed by atoms with van der Waals surface area (Å²) in [4.78, 5) is 15.2. The molecule has 124 valence electrons. The van der Waals surface area contributed by atoms with E-state index >= 15 is 0 Å². The smallest absolute Gasteiger partial charge is 0.317 e. The second-order valence-electron chi connectivity index (χ2n) is 6.42. The van der Waals surface area contributed by atoms with Crippen molar-refractivity contribution in [2.24, 2.45) is 0 Å². The average molecular weight is 316 g/mol. The molecule has 1 aromatic heterocycles. The van der Waals surface area contributed by atoms with Gasteiger partial charge in [0.25, 0.3) is 0 Å². The van der Waals surface area contributed by atoms with Gasteiger partial charge >= 0.3 is 5.97 Å². The number of fused-ring (bicyclic) bond motifs is 1. The minimum Gasteiger partial charge on any atom is -0.480 e. The number of hydrogen-bond donors (Lipinski definition) is 1. The van der Waals surface area contributed by atoms with Crippen LogP contribution >= 0.6 is 0 Å². The molecule has 2 heterocycles. The van der Waals surface area contributed by atoms with Crippen LogP contribution in [0.5, 0.6) is 0 Å². The van der Waals surface area contributed by atoms with E-state index in [1.165, 1.54) is 0 Å². The van der Waals surface area contributed by atoms with Crippen LogP contribution in [0.4, 0.5) is 0 Å². The van der Waals surface area contributed by atoms with Crippen LogP contribution in [0.3, 0.4) is 0 Å². The lowest BCUT2D eigenvalue weighted by molar-refractivity contribution is -0.138. The summed E-state index contributed by atoms with van der Waals surface area (Å²) in [7, 11) is 1.91. The average Bonchev–Trinajstić information content (AvgIpc) is 2.76. The Kier molecular flexibility index (Phi) is 4.98. The molecule has 0 aliphatic carbocycles. The highest BCUT2D eigenvalue weighted by molar-refractivity contribution is 5.77. The molecule has 5 heteroatoms. The first kappa shape index (κ1) is 16.0. The molecule has 0 spiro atoms. The molecule has 1 saturated heterocycles. The van der Waals surface area contributed by atoms with Crippen molar-refractivity contribution in [3.05, 3.63) is 36.1 Å². The summed E-state index contributed by atoms with van der Waals surface area (Å²) < 4.78 is 5.91. The molecule has 1 fully saturated rings. The zero-order valence-corrected chi connectivity index (χ0v) is 13.6. The SMILES string of the molecule is CN(CC(=O)O)C1CCCN(Cc2cc3ccccc3o2)CC1. The van der Waals surface area contributed by atoms with Gasteiger partial charge in [-0.3, -0.25) is 14.6 Å². The summed E-state index contributed by atoms with van der Waals surface area (Å²) in [5.74, 6) is 0.249. The summed E-state index contributed by atoms with van der Waals surface area (Å²) in [6.07, 6.45) is 3.15. The van der Waals surface area contributed by atoms with Gasteiger partial charge in [0.1, 0.15) is 11.3 Å². The number of hydrogen-bond acceptors (Lipinski definition) is 4. The standard InChI is InChI=1S/C18H24N2O3/c1-19(13-18(21)22)15-6-4-9-20(10-8-15)12-16-11-14-5-2-3-7-17(14)23-16/h2-3,5,7,11,15H,4,6,8-10,12-13H2,1H3,(H,21,22). The van der Waals surface area contributed by atoms with Crippen molar-refractivity contribution in [2.45, 2.75) is 31.8 Å². The summed E-state index contributed by atoms with van der Waals surface area (Å²) in [6.45, 7) is 2.96. The number of nitrogens with zero attached hydrogens (tertiary/aromatic N) is 2. The number of para-hydroxylation sites is 1. The monoisotopic (exact) mass is 316 g/mol. The molecule has 3 rings (SSSR count). The summed E-state index contributed by atoms with van der Waals surface area (Å²) in [5.41, 5.74) is 0.941. The Hall–Kier alpha value is -1.85. The molecule has 1 atom stereocenters. The Morgan fingerprint density at radius 3 is 2.96 bits per heavy atom. The van der Waals surface area contributed by atoms with E-state index in [1.807, 2.05) is 30.1 Å². The maximum absolute atomic E-state index is 10.9. The lowest BCUT2D eigenvalue weighted by Crippen LogP contribution is -2.36. The van der Waals surface area contributed by atoms with Gasteiger partial charge in [-0.05, 0) is 45.0 Å². The molecule has 0 amide bonds. The Morgan fingerprint density at radius 1 is 1.35 bits per heavy atom. The van der Waals surface area contributed by atoms with E-state index in [9.17, 15) is 4.79 Å². The third kappa shape index (κ3) is 4.12. The number of likely N-dealkylation sites (tertiary alicyclic amines) is 1. The van der Waals surface area contributed by atoms with Crippen molar-refractivity contribution in [3.8, 4) is 0 Å². The van der Waals surface area contributed by atoms with E-state index in [0.717, 1.165) is 55.6 Å². The number of carbonyl (C=O) groups is 1. The van der Waals surface area contributed by atoms with Crippen molar-refractivity contribution in [3.63, 3.8) is 0 Å². The van der Waals surface area contributed by atoms with Crippen LogP contribution in [0.25, 0.3) is 11.0 Å². The Bertz CT molecular complexity index is 634. The van der Waals surface area contributed by atoms with Gasteiger partial charge in [-0.15, -0.1) is 0 Å². The predicted octanol–water partition coefficient (Wildman–Crippen LogP) is 2.80. The zero-order valence-electron chi connectivity index (χ0n) is 13.6. The molecule has 23 heavy (non-hydrogen) atoms. The predicted molar refractivity (Wildman–Crippen MR) is 89.4 cm³/mol. The first-order chi connectivity index (χ1) is 11.1. The number of carboxylic acid groups (broad SMARTS) is 1. The molecule has 1 aromatic carbocycles. The number of rotatable bonds is 5. The van der Waals surface area contributed by atoms with Crippen molar-refractivity contribution >= 4 is 16.9 Å². The molecule has 1 aliphatic heterocycles. The highest BCUT2D eigenvalue weighted by Gasteiger charge is 2.22. The van der Waals surface area contributed by atoms with Gasteiger partial charge in [0.05, 0.1) is 13.1 Å². The first-order valence-corrected chi connectivity index (χ1v) is 8.23. The molecular formula is C18H24N2O3. The molecular weight excluding hydrogens is 292 g/mol. The summed E-state index contributed by atoms with van der Waals surface area (Å²) in [5, 5.41) is 10.1. The normalized spacial score (nSPS) is 20.0. The number of carboxylic acids is 1. The molecule has 5 nitrogen and oxygen atoms in total. The minimum atomic E-state index is -0.754. The van der Waals surface area contributed by atoms with Crippen LogP contribution in [0.2, 0.25) is 0 Å². The van der Waals surface area contributed by atoms with E-state index in [-0.39, 0.29) is 6.54 Å². The number of likely N-dealkylation sites (N-methyl/N-ethyl adjacent to an activating group) is 1. The molecule has 1 unspecified atom stereocenters. The third-order valence-electron chi connectivity index (χ3n) is 4.65. The van der Waals surface area contributed by atoms with Gasteiger partial charge < -0.3 is 9.52 Å². The lowest BCUT2D eigenvalue weighted by Gasteiger charge is -2.25. The van der Waals surface area contributed by atoms with Crippen LogP contribution in [0.1, 0.15) is 25.0 Å². The van der Waals surface area contributed by atoms with E-state index in [0.29, 0.717) is 6.04 Å². The summed E-state index contributed by atoms with van der Waals surface area (Å²) in [6, 6.07) is 10.6. The molecule has 0 radical (unpaired) electrons. The van der Waals surface area contributed by atoms with Crippen LogP contribution < -0.4 is 0 Å². The highest BCUT2D eigenvalue weighted by atomic mass is 16.4. The molecule has 2 aromatic rings. The van der Waals surface area contributed by atoms with Crippen molar-refractivity contribution in [1.82, 2.24) is 9.80 Å². The Morgan fingerprint density at radius 2 is 2.17 bits per heavy atom. The van der Waals surface area contributed by atoms with Crippen LogP contribution in [-0.2, 0) is 11.3 Å². The lowest BCUT2D eigenvalue weighted by atomic mass is 10.1. The van der Waals surface area contributed by atoms with E-state index in [4.69, 9.17) is 9.52 Å². The van der Waals surface area contributed by atoms with Crippen molar-refractivity contribution < 1.29 is 14.3 Å². The van der Waals surface area contributed by atoms with E-state index in [1.54, 1.807) is 0 Å². The second-order valence-corrected chi connectivity index (χ2v) is 6.42. The van der Waals surface area contributed by atoms with Crippen LogP contribution in [0.15, 0.2) is 34.7 Å². The highest BCUT2D eigenvalue weighted by Crippen LogP contribution is 2.22. The second kappa shape index (κ2) is 7.15. The van der Waals surface area contributed by atoms with E-state index in [2.05, 4.69) is 17.0 Å². The van der Waals surface area contributed by atoms with Gasteiger partial charge in [0.2, 0.25) is 0 Å². The fraction of sp³-hybridized carbons (Fsp3) is 0.500. The Labute approximate surface area is 136 Å². The number of benzene rings is 1. The first-order valence-electron chi connectivity index (χ1n) is 8.23. The van der Waals surface area contributed by atoms with Crippen molar-refractivity contribution in [1.29, 1.82) is 0 Å². The quantitative estimate of drug-likeness (QED) is 0.919. The minimum absolute atomic E-state index is 0.119. The molecule has 0 bridgehead atoms. The number of furan rings is 1. The van der Waals surface area contributed by atoms with Crippen LogP contribution in [0, 0.1) is 0 Å². The Balaban J connectivity index is 1.58. The number of aliphatic carboxylic acids is 1. The summed E-state index contributed by atoms with van der Waals surface area (Å²) >= 11 is 0. The molecule has 0 saturated carbocycles. The van der Waals surface area contributed by atoms with Gasteiger partial charge in [-0.25, -0.2) is 0 Å². The topological polar surface area (TPSA) is 56.9 Å². The molecule has 1 aliphatic rings. The van der Waals surface area contributed by atoms with Crippen molar-refractivity contribution in [2.75, 3.05) is 26.7 Å². The van der Waals surface area contributed by atoms with Gasteiger partial charge in [-0.1, -0.05) is 18.2 Å². The van der Waals surface area contributed by atoms with Crippen LogP contribution in [-0.4, -0.2) is 53.6 Å². The third-order valence-corrected chi connectivity index (χ3v) is 4.65. The van der Waals surface area contributed by atoms with Gasteiger partial charge in [0.15, 0.2) is 0 Å². The molecule has 1 N–H and O–H groups in total. The van der Waals surface area contributed by atoms with Gasteiger partial charge in [-0.2, -0.15) is 0 Å². The van der Waals surface area contributed by atoms with Gasteiger partial charge in [0, 0.05) is 18.0 Å². The maximum atomic E-state index is 10.9.